The highest BCUT2D eigenvalue weighted by Crippen LogP contribution is 2.20. The molecule has 0 bridgehead atoms. The summed E-state index contributed by atoms with van der Waals surface area (Å²) in [5, 5.41) is 3.20. The molecule has 1 aliphatic heterocycles. The van der Waals surface area contributed by atoms with E-state index >= 15 is 0 Å². The van der Waals surface area contributed by atoms with Crippen molar-refractivity contribution in [1.29, 1.82) is 0 Å². The number of carbonyl (C=O) groups excluding carboxylic acids is 1. The fourth-order valence-corrected chi connectivity index (χ4v) is 3.97. The molecule has 2 aromatic carbocycles. The molecule has 0 aliphatic carbocycles. The number of carbonyl (C=O) groups is 1. The first-order valence-corrected chi connectivity index (χ1v) is 9.76. The van der Waals surface area contributed by atoms with Crippen molar-refractivity contribution in [3.8, 4) is 0 Å². The lowest BCUT2D eigenvalue weighted by atomic mass is 10.1. The average molecular weight is 414 g/mol. The molecule has 27 heavy (non-hydrogen) atoms. The maximum absolute atomic E-state index is 13.7. The summed E-state index contributed by atoms with van der Waals surface area (Å²) in [6.07, 6.45) is 0. The Morgan fingerprint density at radius 2 is 1.96 bits per heavy atom. The molecule has 0 aromatic heterocycles. The Balaban J connectivity index is 0.00000261. The van der Waals surface area contributed by atoms with Crippen LogP contribution in [0.3, 0.4) is 0 Å². The highest BCUT2D eigenvalue weighted by atomic mass is 35.5. The van der Waals surface area contributed by atoms with Gasteiger partial charge in [-0.3, -0.25) is 9.52 Å². The number of nitrogens with zero attached hydrogens (tertiary/aromatic N) is 1. The van der Waals surface area contributed by atoms with Gasteiger partial charge in [0.05, 0.1) is 10.6 Å². The molecule has 146 valence electrons. The highest BCUT2D eigenvalue weighted by molar-refractivity contribution is 7.92. The largest absolute Gasteiger partial charge is 0.333 e. The third-order valence-corrected chi connectivity index (χ3v) is 5.63. The molecule has 1 fully saturated rings. The van der Waals surface area contributed by atoms with E-state index in [0.717, 1.165) is 0 Å². The molecule has 0 spiro atoms. The molecule has 0 saturated carbocycles. The predicted molar refractivity (Wildman–Crippen MR) is 104 cm³/mol. The highest BCUT2D eigenvalue weighted by Gasteiger charge is 2.25. The van der Waals surface area contributed by atoms with Crippen LogP contribution < -0.4 is 10.0 Å². The summed E-state index contributed by atoms with van der Waals surface area (Å²) >= 11 is 0. The lowest BCUT2D eigenvalue weighted by Gasteiger charge is -2.34. The first kappa shape index (κ1) is 21.1. The van der Waals surface area contributed by atoms with E-state index in [4.69, 9.17) is 0 Å². The van der Waals surface area contributed by atoms with Crippen molar-refractivity contribution in [3.63, 3.8) is 0 Å². The summed E-state index contributed by atoms with van der Waals surface area (Å²) in [4.78, 5) is 14.4. The normalized spacial score (nSPS) is 17.1. The second kappa shape index (κ2) is 8.69. The zero-order valence-electron chi connectivity index (χ0n) is 14.7. The van der Waals surface area contributed by atoms with E-state index in [1.54, 1.807) is 11.0 Å². The first-order chi connectivity index (χ1) is 12.4. The van der Waals surface area contributed by atoms with E-state index < -0.39 is 15.8 Å². The van der Waals surface area contributed by atoms with E-state index in [1.165, 1.54) is 42.5 Å². The van der Waals surface area contributed by atoms with Crippen LogP contribution >= 0.6 is 12.4 Å². The minimum absolute atomic E-state index is 0. The van der Waals surface area contributed by atoms with Gasteiger partial charge in [-0.1, -0.05) is 18.2 Å². The number of hydrogen-bond acceptors (Lipinski definition) is 4. The van der Waals surface area contributed by atoms with Crippen LogP contribution in [0.4, 0.5) is 10.1 Å². The lowest BCUT2D eigenvalue weighted by Crippen LogP contribution is -2.52. The molecule has 1 amide bonds. The Bertz CT molecular complexity index is 924. The lowest BCUT2D eigenvalue weighted by molar-refractivity contribution is 0.0655. The van der Waals surface area contributed by atoms with Crippen LogP contribution in [-0.4, -0.2) is 44.9 Å². The standard InChI is InChI=1S/C18H20FN3O3S.ClH/c1-13-12-20-9-10-22(13)18(23)14-5-4-6-15(11-14)26(24,25)21-17-8-3-2-7-16(17)19;/h2-8,11,13,20-21H,9-10,12H2,1H3;1H/t13-;/m1./s1. The molecule has 1 saturated heterocycles. The minimum atomic E-state index is -4.01. The minimum Gasteiger partial charge on any atom is -0.333 e. The fourth-order valence-electron chi connectivity index (χ4n) is 2.85. The van der Waals surface area contributed by atoms with Crippen LogP contribution in [0, 0.1) is 5.82 Å². The number of anilines is 1. The smallest absolute Gasteiger partial charge is 0.262 e. The predicted octanol–water partition coefficient (Wildman–Crippen LogP) is 2.48. The Kier molecular flexibility index (Phi) is 6.80. The van der Waals surface area contributed by atoms with E-state index in [0.29, 0.717) is 19.6 Å². The quantitative estimate of drug-likeness (QED) is 0.807. The summed E-state index contributed by atoms with van der Waals surface area (Å²) in [5.41, 5.74) is 0.148. The first-order valence-electron chi connectivity index (χ1n) is 8.27. The van der Waals surface area contributed by atoms with Crippen molar-refractivity contribution in [2.45, 2.75) is 17.9 Å². The number of benzene rings is 2. The van der Waals surface area contributed by atoms with Gasteiger partial charge in [-0.15, -0.1) is 12.4 Å². The molecule has 1 aliphatic rings. The molecule has 0 unspecified atom stereocenters. The average Bonchev–Trinajstić information content (AvgIpc) is 2.63. The molecular weight excluding hydrogens is 393 g/mol. The van der Waals surface area contributed by atoms with Crippen LogP contribution in [0.5, 0.6) is 0 Å². The zero-order chi connectivity index (χ0) is 18.7. The monoisotopic (exact) mass is 413 g/mol. The summed E-state index contributed by atoms with van der Waals surface area (Å²) in [5.74, 6) is -0.889. The Hall–Kier alpha value is -2.16. The van der Waals surface area contributed by atoms with Gasteiger partial charge in [0.25, 0.3) is 15.9 Å². The third kappa shape index (κ3) is 4.77. The Morgan fingerprint density at radius 3 is 2.67 bits per heavy atom. The van der Waals surface area contributed by atoms with Gasteiger partial charge in [-0.25, -0.2) is 12.8 Å². The second-order valence-corrected chi connectivity index (χ2v) is 7.85. The number of para-hydroxylation sites is 1. The van der Waals surface area contributed by atoms with Gasteiger partial charge >= 0.3 is 0 Å². The Labute approximate surface area is 164 Å². The van der Waals surface area contributed by atoms with Crippen LogP contribution in [0.1, 0.15) is 17.3 Å². The molecule has 2 N–H and O–H groups in total. The van der Waals surface area contributed by atoms with E-state index in [1.807, 2.05) is 6.92 Å². The van der Waals surface area contributed by atoms with Gasteiger partial charge in [-0.05, 0) is 37.3 Å². The van der Waals surface area contributed by atoms with Gasteiger partial charge in [0.15, 0.2) is 0 Å². The second-order valence-electron chi connectivity index (χ2n) is 6.16. The van der Waals surface area contributed by atoms with Crippen molar-refractivity contribution in [2.24, 2.45) is 0 Å². The number of sulfonamides is 1. The van der Waals surface area contributed by atoms with Crippen LogP contribution in [0.25, 0.3) is 0 Å². The van der Waals surface area contributed by atoms with Gasteiger partial charge in [0.2, 0.25) is 0 Å². The van der Waals surface area contributed by atoms with Gasteiger partial charge in [0, 0.05) is 31.2 Å². The van der Waals surface area contributed by atoms with Gasteiger partial charge < -0.3 is 10.2 Å². The van der Waals surface area contributed by atoms with Crippen molar-refractivity contribution >= 4 is 34.0 Å². The van der Waals surface area contributed by atoms with Crippen LogP contribution in [0.15, 0.2) is 53.4 Å². The van der Waals surface area contributed by atoms with Gasteiger partial charge in [-0.2, -0.15) is 0 Å². The number of nitrogens with one attached hydrogen (secondary N) is 2. The molecule has 2 aromatic rings. The SMILES string of the molecule is C[C@@H]1CNCCN1C(=O)c1cccc(S(=O)(=O)Nc2ccccc2F)c1.Cl. The van der Waals surface area contributed by atoms with Crippen LogP contribution in [0.2, 0.25) is 0 Å². The number of rotatable bonds is 4. The fraction of sp³-hybridized carbons (Fsp3) is 0.278. The number of hydrogen-bond donors (Lipinski definition) is 2. The summed E-state index contributed by atoms with van der Waals surface area (Å²) < 4.78 is 41.1. The van der Waals surface area contributed by atoms with E-state index in [2.05, 4.69) is 10.0 Å². The molecule has 1 heterocycles. The van der Waals surface area contributed by atoms with E-state index in [-0.39, 0.29) is 40.5 Å². The van der Waals surface area contributed by atoms with Crippen molar-refractivity contribution < 1.29 is 17.6 Å². The number of amides is 1. The summed E-state index contributed by atoms with van der Waals surface area (Å²) in [6, 6.07) is 11.3. The molecule has 9 heteroatoms. The molecule has 1 atom stereocenters. The Morgan fingerprint density at radius 1 is 1.22 bits per heavy atom. The van der Waals surface area contributed by atoms with Crippen molar-refractivity contribution in [1.82, 2.24) is 10.2 Å². The number of piperazine rings is 1. The van der Waals surface area contributed by atoms with Crippen molar-refractivity contribution in [2.75, 3.05) is 24.4 Å². The molecule has 6 nitrogen and oxygen atoms in total. The maximum Gasteiger partial charge on any atom is 0.262 e. The topological polar surface area (TPSA) is 78.5 Å². The molecule has 3 rings (SSSR count). The molecule has 0 radical (unpaired) electrons. The van der Waals surface area contributed by atoms with Crippen LogP contribution in [-0.2, 0) is 10.0 Å². The zero-order valence-corrected chi connectivity index (χ0v) is 16.3. The maximum atomic E-state index is 13.7. The summed E-state index contributed by atoms with van der Waals surface area (Å²) in [7, 11) is -4.01. The summed E-state index contributed by atoms with van der Waals surface area (Å²) in [6.45, 7) is 3.89. The third-order valence-electron chi connectivity index (χ3n) is 4.27. The van der Waals surface area contributed by atoms with E-state index in [9.17, 15) is 17.6 Å². The number of halogens is 2. The van der Waals surface area contributed by atoms with Crippen molar-refractivity contribution in [3.05, 3.63) is 59.9 Å². The molecular formula is C18H21ClFN3O3S. The van der Waals surface area contributed by atoms with Gasteiger partial charge in [0.1, 0.15) is 5.82 Å².